The highest BCUT2D eigenvalue weighted by Gasteiger charge is 2.23. The topological polar surface area (TPSA) is 45.1 Å². The van der Waals surface area contributed by atoms with Gasteiger partial charge in [-0.2, -0.15) is 0 Å². The maximum Gasteiger partial charge on any atom is 0.108 e. The third kappa shape index (κ3) is 3.31. The van der Waals surface area contributed by atoms with E-state index in [1.165, 1.54) is 0 Å². The van der Waals surface area contributed by atoms with Crippen LogP contribution in [0.25, 0.3) is 10.9 Å². The van der Waals surface area contributed by atoms with Gasteiger partial charge in [0.1, 0.15) is 5.60 Å². The molecular weight excluding hydrogens is 316 g/mol. The van der Waals surface area contributed by atoms with Crippen molar-refractivity contribution in [2.75, 3.05) is 6.54 Å². The van der Waals surface area contributed by atoms with Gasteiger partial charge < -0.3 is 10.4 Å². The number of nitrogens with one attached hydrogen (secondary N) is 1. The third-order valence-corrected chi connectivity index (χ3v) is 4.93. The molecule has 0 radical (unpaired) electrons. The van der Waals surface area contributed by atoms with Crippen molar-refractivity contribution in [2.45, 2.75) is 19.1 Å². The van der Waals surface area contributed by atoms with Crippen molar-refractivity contribution in [1.82, 2.24) is 10.3 Å². The molecule has 0 aliphatic heterocycles. The van der Waals surface area contributed by atoms with Crippen LogP contribution in [0.4, 0.5) is 0 Å². The number of pyridine rings is 1. The summed E-state index contributed by atoms with van der Waals surface area (Å²) in [5.74, 6) is 0. The van der Waals surface area contributed by atoms with Crippen LogP contribution in [0.1, 0.15) is 17.4 Å². The fourth-order valence-electron chi connectivity index (χ4n) is 2.48. The van der Waals surface area contributed by atoms with E-state index >= 15 is 0 Å². The minimum atomic E-state index is -0.879. The van der Waals surface area contributed by atoms with Gasteiger partial charge in [-0.15, -0.1) is 11.3 Å². The molecule has 0 spiro atoms. The molecule has 1 aromatic carbocycles. The van der Waals surface area contributed by atoms with Crippen molar-refractivity contribution < 1.29 is 5.11 Å². The number of benzene rings is 1. The molecule has 0 saturated heterocycles. The van der Waals surface area contributed by atoms with Crippen molar-refractivity contribution in [3.05, 3.63) is 63.4 Å². The van der Waals surface area contributed by atoms with Gasteiger partial charge in [0.25, 0.3) is 0 Å². The third-order valence-electron chi connectivity index (χ3n) is 3.59. The number of fused-ring (bicyclic) bond motifs is 1. The first kappa shape index (κ1) is 15.4. The predicted octanol–water partition coefficient (Wildman–Crippen LogP) is 3.95. The van der Waals surface area contributed by atoms with Crippen LogP contribution in [-0.4, -0.2) is 16.6 Å². The molecule has 0 saturated carbocycles. The molecular formula is C17H17ClN2OS. The number of rotatable bonds is 5. The van der Waals surface area contributed by atoms with Gasteiger partial charge >= 0.3 is 0 Å². The van der Waals surface area contributed by atoms with Crippen LogP contribution >= 0.6 is 22.9 Å². The first-order valence-electron chi connectivity index (χ1n) is 7.06. The number of aromatic nitrogens is 1. The van der Waals surface area contributed by atoms with E-state index in [1.807, 2.05) is 48.7 Å². The molecule has 3 aromatic rings. The fourth-order valence-corrected chi connectivity index (χ4v) is 3.51. The second-order valence-corrected chi connectivity index (χ2v) is 6.88. The van der Waals surface area contributed by atoms with Gasteiger partial charge in [0.15, 0.2) is 0 Å². The zero-order valence-corrected chi connectivity index (χ0v) is 13.8. The van der Waals surface area contributed by atoms with Gasteiger partial charge in [-0.25, -0.2) is 0 Å². The van der Waals surface area contributed by atoms with Gasteiger partial charge in [-0.1, -0.05) is 23.7 Å². The number of aliphatic hydroxyl groups is 1. The molecule has 1 unspecified atom stereocenters. The van der Waals surface area contributed by atoms with Gasteiger partial charge in [-0.05, 0) is 42.1 Å². The van der Waals surface area contributed by atoms with Crippen molar-refractivity contribution in [3.8, 4) is 0 Å². The van der Waals surface area contributed by atoms with Crippen LogP contribution in [0.15, 0.2) is 48.0 Å². The van der Waals surface area contributed by atoms with E-state index in [0.29, 0.717) is 18.1 Å². The molecule has 2 heterocycles. The molecule has 0 amide bonds. The number of halogens is 1. The summed E-state index contributed by atoms with van der Waals surface area (Å²) in [7, 11) is 0. The number of thiophene rings is 1. The monoisotopic (exact) mass is 332 g/mol. The van der Waals surface area contributed by atoms with Crippen LogP contribution in [-0.2, 0) is 12.1 Å². The van der Waals surface area contributed by atoms with Gasteiger partial charge in [0.05, 0.1) is 5.52 Å². The van der Waals surface area contributed by atoms with Crippen LogP contribution < -0.4 is 5.32 Å². The molecule has 0 aliphatic rings. The number of hydrogen-bond acceptors (Lipinski definition) is 4. The zero-order valence-electron chi connectivity index (χ0n) is 12.2. The molecule has 0 bridgehead atoms. The van der Waals surface area contributed by atoms with E-state index in [2.05, 4.69) is 10.3 Å². The lowest BCUT2D eigenvalue weighted by molar-refractivity contribution is 0.0605. The Bertz CT molecular complexity index is 771. The molecule has 0 aliphatic carbocycles. The predicted molar refractivity (Wildman–Crippen MR) is 92.3 cm³/mol. The minimum Gasteiger partial charge on any atom is -0.383 e. The van der Waals surface area contributed by atoms with E-state index in [9.17, 15) is 5.11 Å². The molecule has 3 rings (SSSR count). The van der Waals surface area contributed by atoms with Crippen LogP contribution in [0.2, 0.25) is 5.02 Å². The van der Waals surface area contributed by atoms with Crippen molar-refractivity contribution in [3.63, 3.8) is 0 Å². The largest absolute Gasteiger partial charge is 0.383 e. The standard InChI is InChI=1S/C17H17ClN2OS/c1-17(21,15-5-3-7-22-15)11-19-10-13-9-14(18)8-12-4-2-6-20-16(12)13/h2-9,19,21H,10-11H2,1H3. The second kappa shape index (κ2) is 6.34. The maximum atomic E-state index is 10.5. The Hall–Kier alpha value is -1.46. The SMILES string of the molecule is CC(O)(CNCc1cc(Cl)cc2cccnc12)c1cccs1. The lowest BCUT2D eigenvalue weighted by Gasteiger charge is -2.22. The maximum absolute atomic E-state index is 10.5. The highest BCUT2D eigenvalue weighted by molar-refractivity contribution is 7.10. The summed E-state index contributed by atoms with van der Waals surface area (Å²) in [6, 6.07) is 11.6. The molecule has 1 atom stereocenters. The first-order valence-corrected chi connectivity index (χ1v) is 8.32. The van der Waals surface area contributed by atoms with Crippen LogP contribution in [0, 0.1) is 0 Å². The van der Waals surface area contributed by atoms with Crippen molar-refractivity contribution in [2.24, 2.45) is 0 Å². The zero-order chi connectivity index (χ0) is 15.6. The van der Waals surface area contributed by atoms with Crippen molar-refractivity contribution in [1.29, 1.82) is 0 Å². The van der Waals surface area contributed by atoms with E-state index in [4.69, 9.17) is 11.6 Å². The average Bonchev–Trinajstić information content (AvgIpc) is 3.02. The summed E-state index contributed by atoms with van der Waals surface area (Å²) in [5.41, 5.74) is 1.09. The summed E-state index contributed by atoms with van der Waals surface area (Å²) < 4.78 is 0. The summed E-state index contributed by atoms with van der Waals surface area (Å²) in [5, 5.41) is 17.5. The van der Waals surface area contributed by atoms with E-state index in [1.54, 1.807) is 17.5 Å². The molecule has 5 heteroatoms. The molecule has 114 valence electrons. The Morgan fingerprint density at radius 2 is 2.18 bits per heavy atom. The molecule has 2 N–H and O–H groups in total. The Balaban J connectivity index is 1.75. The van der Waals surface area contributed by atoms with Gasteiger partial charge in [0.2, 0.25) is 0 Å². The number of nitrogens with zero attached hydrogens (tertiary/aromatic N) is 1. The van der Waals surface area contributed by atoms with E-state index in [-0.39, 0.29) is 0 Å². The Morgan fingerprint density at radius 1 is 1.32 bits per heavy atom. The highest BCUT2D eigenvalue weighted by Crippen LogP contribution is 2.25. The molecule has 2 aromatic heterocycles. The minimum absolute atomic E-state index is 0.467. The molecule has 3 nitrogen and oxygen atoms in total. The summed E-state index contributed by atoms with van der Waals surface area (Å²) in [6.45, 7) is 2.89. The van der Waals surface area contributed by atoms with Crippen LogP contribution in [0.3, 0.4) is 0 Å². The second-order valence-electron chi connectivity index (χ2n) is 5.49. The first-order chi connectivity index (χ1) is 10.6. The lowest BCUT2D eigenvalue weighted by Crippen LogP contribution is -2.34. The summed E-state index contributed by atoms with van der Waals surface area (Å²) in [6.07, 6.45) is 1.78. The Labute approximate surface area is 138 Å². The van der Waals surface area contributed by atoms with Crippen molar-refractivity contribution >= 4 is 33.8 Å². The molecule has 0 fully saturated rings. The Morgan fingerprint density at radius 3 is 2.95 bits per heavy atom. The fraction of sp³-hybridized carbons (Fsp3) is 0.235. The Kier molecular flexibility index (Phi) is 4.45. The van der Waals surface area contributed by atoms with Gasteiger partial charge in [0, 0.05) is 34.6 Å². The van der Waals surface area contributed by atoms with E-state index in [0.717, 1.165) is 21.3 Å². The highest BCUT2D eigenvalue weighted by atomic mass is 35.5. The normalized spacial score (nSPS) is 14.1. The van der Waals surface area contributed by atoms with Gasteiger partial charge in [-0.3, -0.25) is 4.98 Å². The quantitative estimate of drug-likeness (QED) is 0.743. The lowest BCUT2D eigenvalue weighted by atomic mass is 10.0. The summed E-state index contributed by atoms with van der Waals surface area (Å²) in [4.78, 5) is 5.38. The average molecular weight is 333 g/mol. The van der Waals surface area contributed by atoms with E-state index < -0.39 is 5.60 Å². The smallest absolute Gasteiger partial charge is 0.108 e. The molecule has 22 heavy (non-hydrogen) atoms. The summed E-state index contributed by atoms with van der Waals surface area (Å²) >= 11 is 7.73. The van der Waals surface area contributed by atoms with Crippen LogP contribution in [0.5, 0.6) is 0 Å². The number of hydrogen-bond donors (Lipinski definition) is 2.